The first-order valence-electron chi connectivity index (χ1n) is 8.12. The Kier molecular flexibility index (Phi) is 5.93. The van der Waals surface area contributed by atoms with Crippen LogP contribution < -0.4 is 5.32 Å². The average Bonchev–Trinajstić information content (AvgIpc) is 3.04. The van der Waals surface area contributed by atoms with Gasteiger partial charge in [-0.25, -0.2) is 0 Å². The van der Waals surface area contributed by atoms with Gasteiger partial charge in [0.25, 0.3) is 5.91 Å². The highest BCUT2D eigenvalue weighted by Crippen LogP contribution is 2.30. The van der Waals surface area contributed by atoms with Crippen molar-refractivity contribution in [2.75, 3.05) is 6.54 Å². The van der Waals surface area contributed by atoms with E-state index in [1.165, 1.54) is 6.07 Å². The number of aliphatic hydroxyl groups is 1. The van der Waals surface area contributed by atoms with Crippen molar-refractivity contribution < 1.29 is 19.1 Å². The third-order valence-electron chi connectivity index (χ3n) is 3.85. The van der Waals surface area contributed by atoms with Gasteiger partial charge in [-0.2, -0.15) is 0 Å². The lowest BCUT2D eigenvalue weighted by molar-refractivity contribution is 0.0919. The number of carbonyl (C=O) groups is 2. The summed E-state index contributed by atoms with van der Waals surface area (Å²) in [5.41, 5.74) is 1.33. The number of furan rings is 1. The van der Waals surface area contributed by atoms with E-state index in [9.17, 15) is 14.7 Å². The van der Waals surface area contributed by atoms with E-state index in [4.69, 9.17) is 4.42 Å². The van der Waals surface area contributed by atoms with Gasteiger partial charge < -0.3 is 14.8 Å². The minimum Gasteiger partial charge on any atom is -0.456 e. The molecule has 1 amide bonds. The molecular formula is C19H23NO4. The molecule has 0 aliphatic heterocycles. The highest BCUT2D eigenvalue weighted by molar-refractivity contribution is 6.00. The quantitative estimate of drug-likeness (QED) is 0.765. The van der Waals surface area contributed by atoms with E-state index < -0.39 is 6.10 Å². The first kappa shape index (κ1) is 17.9. The Bertz CT molecular complexity index is 703. The SMILES string of the molecule is CCC(=O)c1cc(C(=O)NCC(C)O)c([C@@H](C)c2ccccc2)o1. The molecule has 0 spiro atoms. The third kappa shape index (κ3) is 4.11. The fourth-order valence-corrected chi connectivity index (χ4v) is 2.44. The second-order valence-corrected chi connectivity index (χ2v) is 5.86. The summed E-state index contributed by atoms with van der Waals surface area (Å²) in [6, 6.07) is 11.1. The first-order chi connectivity index (χ1) is 11.4. The molecular weight excluding hydrogens is 306 g/mol. The molecule has 1 aromatic heterocycles. The summed E-state index contributed by atoms with van der Waals surface area (Å²) in [4.78, 5) is 24.4. The molecule has 0 aliphatic rings. The first-order valence-corrected chi connectivity index (χ1v) is 8.12. The second kappa shape index (κ2) is 7.93. The molecule has 1 aromatic carbocycles. The van der Waals surface area contributed by atoms with Crippen molar-refractivity contribution in [3.05, 3.63) is 59.0 Å². The Morgan fingerprint density at radius 1 is 1.21 bits per heavy atom. The number of hydrogen-bond donors (Lipinski definition) is 2. The van der Waals surface area contributed by atoms with Gasteiger partial charge in [0.2, 0.25) is 0 Å². The number of amides is 1. The normalized spacial score (nSPS) is 13.3. The minimum absolute atomic E-state index is 0.139. The molecule has 0 aliphatic carbocycles. The summed E-state index contributed by atoms with van der Waals surface area (Å²) >= 11 is 0. The van der Waals surface area contributed by atoms with Gasteiger partial charge in [0.15, 0.2) is 11.5 Å². The molecule has 2 aromatic rings. The summed E-state index contributed by atoms with van der Waals surface area (Å²) in [7, 11) is 0. The van der Waals surface area contributed by atoms with Gasteiger partial charge >= 0.3 is 0 Å². The second-order valence-electron chi connectivity index (χ2n) is 5.86. The summed E-state index contributed by atoms with van der Waals surface area (Å²) < 4.78 is 5.74. The molecule has 2 atom stereocenters. The van der Waals surface area contributed by atoms with Gasteiger partial charge in [-0.3, -0.25) is 9.59 Å². The number of hydrogen-bond acceptors (Lipinski definition) is 4. The molecule has 128 valence electrons. The monoisotopic (exact) mass is 329 g/mol. The lowest BCUT2D eigenvalue weighted by Crippen LogP contribution is -2.31. The topological polar surface area (TPSA) is 79.5 Å². The van der Waals surface area contributed by atoms with Crippen LogP contribution in [0.5, 0.6) is 0 Å². The fourth-order valence-electron chi connectivity index (χ4n) is 2.44. The van der Waals surface area contributed by atoms with E-state index in [1.807, 2.05) is 37.3 Å². The van der Waals surface area contributed by atoms with Gasteiger partial charge in [0.1, 0.15) is 5.76 Å². The van der Waals surface area contributed by atoms with Gasteiger partial charge in [0.05, 0.1) is 11.7 Å². The maximum Gasteiger partial charge on any atom is 0.254 e. The van der Waals surface area contributed by atoms with Crippen LogP contribution >= 0.6 is 0 Å². The van der Waals surface area contributed by atoms with E-state index in [2.05, 4.69) is 5.32 Å². The zero-order chi connectivity index (χ0) is 17.7. The minimum atomic E-state index is -0.646. The number of rotatable bonds is 7. The zero-order valence-electron chi connectivity index (χ0n) is 14.2. The van der Waals surface area contributed by atoms with Gasteiger partial charge in [-0.05, 0) is 12.5 Å². The Labute approximate surface area is 141 Å². The Balaban J connectivity index is 2.38. The molecule has 1 unspecified atom stereocenters. The fraction of sp³-hybridized carbons (Fsp3) is 0.368. The molecule has 5 nitrogen and oxygen atoms in total. The predicted octanol–water partition coefficient (Wildman–Crippen LogP) is 3.13. The van der Waals surface area contributed by atoms with E-state index in [0.29, 0.717) is 17.7 Å². The van der Waals surface area contributed by atoms with E-state index in [0.717, 1.165) is 5.56 Å². The molecule has 0 bridgehead atoms. The van der Waals surface area contributed by atoms with Crippen molar-refractivity contribution in [2.24, 2.45) is 0 Å². The van der Waals surface area contributed by atoms with Crippen LogP contribution in [-0.2, 0) is 0 Å². The van der Waals surface area contributed by atoms with Crippen molar-refractivity contribution in [3.8, 4) is 0 Å². The molecule has 2 N–H and O–H groups in total. The standard InChI is InChI=1S/C19H23NO4/c1-4-16(22)17-10-15(19(23)20-11-12(2)21)18(24-17)13(3)14-8-6-5-7-9-14/h5-10,12-13,21H,4,11H2,1-3H3,(H,20,23)/t12?,13-/m0/s1. The maximum absolute atomic E-state index is 12.4. The third-order valence-corrected chi connectivity index (χ3v) is 3.85. The molecule has 5 heteroatoms. The molecule has 0 fully saturated rings. The van der Waals surface area contributed by atoms with E-state index in [-0.39, 0.29) is 29.9 Å². The Morgan fingerprint density at radius 3 is 2.46 bits per heavy atom. The summed E-state index contributed by atoms with van der Waals surface area (Å²) in [6.07, 6.45) is -0.339. The van der Waals surface area contributed by atoms with E-state index >= 15 is 0 Å². The van der Waals surface area contributed by atoms with E-state index in [1.54, 1.807) is 13.8 Å². The number of Topliss-reactive ketones (excluding diaryl/α,β-unsaturated/α-hetero) is 1. The lowest BCUT2D eigenvalue weighted by atomic mass is 9.96. The molecule has 0 saturated heterocycles. The van der Waals surface area contributed by atoms with Crippen LogP contribution in [0.25, 0.3) is 0 Å². The lowest BCUT2D eigenvalue weighted by Gasteiger charge is -2.12. The maximum atomic E-state index is 12.4. The zero-order valence-corrected chi connectivity index (χ0v) is 14.2. The van der Waals surface area contributed by atoms with Crippen LogP contribution in [-0.4, -0.2) is 29.4 Å². The van der Waals surface area contributed by atoms with Gasteiger partial charge in [-0.1, -0.05) is 44.2 Å². The number of nitrogens with one attached hydrogen (secondary N) is 1. The highest BCUT2D eigenvalue weighted by atomic mass is 16.3. The number of carbonyl (C=O) groups excluding carboxylic acids is 2. The van der Waals surface area contributed by atoms with Crippen molar-refractivity contribution in [1.29, 1.82) is 0 Å². The number of benzene rings is 1. The van der Waals surface area contributed by atoms with Crippen LogP contribution in [0.15, 0.2) is 40.8 Å². The van der Waals surface area contributed by atoms with Gasteiger partial charge in [-0.15, -0.1) is 0 Å². The molecule has 1 heterocycles. The van der Waals surface area contributed by atoms with Crippen molar-refractivity contribution in [3.63, 3.8) is 0 Å². The molecule has 2 rings (SSSR count). The summed E-state index contributed by atoms with van der Waals surface area (Å²) in [6.45, 7) is 5.41. The smallest absolute Gasteiger partial charge is 0.254 e. The molecule has 24 heavy (non-hydrogen) atoms. The molecule has 0 saturated carbocycles. The van der Waals surface area contributed by atoms with Crippen LogP contribution in [0.2, 0.25) is 0 Å². The Morgan fingerprint density at radius 2 is 1.88 bits per heavy atom. The summed E-state index contributed by atoms with van der Waals surface area (Å²) in [5, 5.41) is 12.0. The van der Waals surface area contributed by atoms with Crippen molar-refractivity contribution in [1.82, 2.24) is 5.32 Å². The van der Waals surface area contributed by atoms with Crippen molar-refractivity contribution >= 4 is 11.7 Å². The molecule has 0 radical (unpaired) electrons. The predicted molar refractivity (Wildman–Crippen MR) is 91.3 cm³/mol. The van der Waals surface area contributed by atoms with Crippen LogP contribution in [0.1, 0.15) is 65.3 Å². The Hall–Kier alpha value is -2.40. The largest absolute Gasteiger partial charge is 0.456 e. The summed E-state index contributed by atoms with van der Waals surface area (Å²) in [5.74, 6) is -0.0193. The average molecular weight is 329 g/mol. The van der Waals surface area contributed by atoms with Crippen molar-refractivity contribution in [2.45, 2.75) is 39.2 Å². The number of ketones is 1. The number of aliphatic hydroxyl groups excluding tert-OH is 1. The van der Waals surface area contributed by atoms with Crippen LogP contribution in [0.4, 0.5) is 0 Å². The van der Waals surface area contributed by atoms with Crippen LogP contribution in [0.3, 0.4) is 0 Å². The highest BCUT2D eigenvalue weighted by Gasteiger charge is 2.25. The van der Waals surface area contributed by atoms with Crippen LogP contribution in [0, 0.1) is 0 Å². The van der Waals surface area contributed by atoms with Gasteiger partial charge in [0, 0.05) is 24.9 Å².